The Kier molecular flexibility index (Phi) is 25.1. The molecule has 0 atom stereocenters. The van der Waals surface area contributed by atoms with Gasteiger partial charge in [-0.2, -0.15) is 10.2 Å². The summed E-state index contributed by atoms with van der Waals surface area (Å²) in [4.78, 5) is 126. The van der Waals surface area contributed by atoms with Crippen molar-refractivity contribution in [1.82, 2.24) is 34.5 Å². The number of para-hydroxylation sites is 3. The lowest BCUT2D eigenvalue weighted by molar-refractivity contribution is -0.126. The molecule has 0 aliphatic heterocycles. The van der Waals surface area contributed by atoms with Crippen LogP contribution in [0.2, 0.25) is 5.02 Å². The Morgan fingerprint density at radius 3 is 1.65 bits per heavy atom. The second kappa shape index (κ2) is 36.5. The van der Waals surface area contributed by atoms with E-state index in [4.69, 9.17) is 29.3 Å². The molecule has 0 bridgehead atoms. The molecule has 5 aromatic carbocycles. The number of thiophene rings is 4. The van der Waals surface area contributed by atoms with Crippen LogP contribution in [0, 0.1) is 0 Å². The molecule has 115 heavy (non-hydrogen) atoms. The van der Waals surface area contributed by atoms with Crippen LogP contribution in [-0.4, -0.2) is 108 Å². The highest BCUT2D eigenvalue weighted by atomic mass is 35.5. The highest BCUT2D eigenvalue weighted by molar-refractivity contribution is 7.16. The molecule has 0 saturated carbocycles. The number of anilines is 2. The number of rotatable bonds is 25. The average molecular weight is 1630 g/mol. The maximum absolute atomic E-state index is 13.4. The minimum atomic E-state index is -1.20. The minimum absolute atomic E-state index is 0.00384. The van der Waals surface area contributed by atoms with Crippen molar-refractivity contribution in [1.29, 1.82) is 0 Å². The van der Waals surface area contributed by atoms with E-state index in [1.807, 2.05) is 85.8 Å². The summed E-state index contributed by atoms with van der Waals surface area (Å²) in [5, 5.41) is 58.9. The third-order valence-corrected chi connectivity index (χ3v) is 21.7. The van der Waals surface area contributed by atoms with Crippen LogP contribution in [-0.2, 0) is 41.8 Å². The summed E-state index contributed by atoms with van der Waals surface area (Å²) in [6, 6.07) is 47.4. The van der Waals surface area contributed by atoms with Gasteiger partial charge >= 0.3 is 23.9 Å². The predicted molar refractivity (Wildman–Crippen MR) is 433 cm³/mol. The number of oxazole rings is 1. The first-order valence-corrected chi connectivity index (χ1v) is 38.8. The Bertz CT molecular complexity index is 5880. The van der Waals surface area contributed by atoms with E-state index in [9.17, 15) is 63.6 Å². The van der Waals surface area contributed by atoms with E-state index in [1.54, 1.807) is 128 Å². The predicted octanol–water partition coefficient (Wildman–Crippen LogP) is 18.6. The van der Waals surface area contributed by atoms with E-state index >= 15 is 0 Å². The number of carbonyl (C=O) groups excluding carboxylic acids is 5. The molecule has 0 spiro atoms. The van der Waals surface area contributed by atoms with Gasteiger partial charge in [-0.3, -0.25) is 28.7 Å². The monoisotopic (exact) mass is 1630 g/mol. The maximum atomic E-state index is 13.4. The topological polar surface area (TPSA) is 377 Å². The van der Waals surface area contributed by atoms with Gasteiger partial charge in [0.25, 0.3) is 11.8 Å². The summed E-state index contributed by atoms with van der Waals surface area (Å²) >= 11 is 10.6. The number of fused-ring (bicyclic) bond motifs is 2. The summed E-state index contributed by atoms with van der Waals surface area (Å²) in [5.41, 5.74) is 9.24. The van der Waals surface area contributed by atoms with Gasteiger partial charge in [0, 0.05) is 120 Å². The normalized spacial score (nSPS) is 10.9. The lowest BCUT2D eigenvalue weighted by Gasteiger charge is -2.21. The van der Waals surface area contributed by atoms with Crippen LogP contribution in [0.5, 0.6) is 0 Å². The van der Waals surface area contributed by atoms with Crippen LogP contribution in [0.25, 0.3) is 72.4 Å². The summed E-state index contributed by atoms with van der Waals surface area (Å²) in [6.45, 7) is 2.58. The highest BCUT2D eigenvalue weighted by Crippen LogP contribution is 2.41. The van der Waals surface area contributed by atoms with Crippen LogP contribution in [0.1, 0.15) is 114 Å². The van der Waals surface area contributed by atoms with E-state index in [-0.39, 0.29) is 86.7 Å². The van der Waals surface area contributed by atoms with Crippen LogP contribution in [0.3, 0.4) is 0 Å². The smallest absolute Gasteiger partial charge is 0.339 e. The fourth-order valence-electron chi connectivity index (χ4n) is 12.0. The molecule has 0 aliphatic rings. The van der Waals surface area contributed by atoms with E-state index in [0.717, 1.165) is 49.8 Å². The molecule has 16 aromatic rings. The van der Waals surface area contributed by atoms with Gasteiger partial charge in [-0.1, -0.05) is 103 Å². The quantitative estimate of drug-likeness (QED) is 0.0332. The first-order valence-electron chi connectivity index (χ1n) is 34.9. The first-order chi connectivity index (χ1) is 55.8. The van der Waals surface area contributed by atoms with Crippen LogP contribution in [0.15, 0.2) is 259 Å². The van der Waals surface area contributed by atoms with E-state index in [2.05, 4.69) is 30.5 Å². The molecular formula is C84H62ClN9O17S4. The lowest BCUT2D eigenvalue weighted by Crippen LogP contribution is -2.37. The van der Waals surface area contributed by atoms with Crippen molar-refractivity contribution >= 4 is 142 Å². The van der Waals surface area contributed by atoms with Crippen LogP contribution < -0.4 is 10.2 Å². The number of carbonyl (C=O) groups is 9. The summed E-state index contributed by atoms with van der Waals surface area (Å²) in [5.74, 6) is -6.24. The number of amides is 3. The highest BCUT2D eigenvalue weighted by Gasteiger charge is 2.33. The Morgan fingerprint density at radius 1 is 0.548 bits per heavy atom. The van der Waals surface area contributed by atoms with Gasteiger partial charge in [0.2, 0.25) is 23.4 Å². The average Bonchev–Trinajstić information content (AvgIpc) is 1.67. The molecule has 16 rings (SSSR count). The number of hydrogen-bond donors (Lipinski definition) is 5. The van der Waals surface area contributed by atoms with Crippen LogP contribution in [0.4, 0.5) is 10.0 Å². The number of halogens is 1. The van der Waals surface area contributed by atoms with Crippen LogP contribution >= 0.6 is 56.9 Å². The molecule has 11 aromatic heterocycles. The van der Waals surface area contributed by atoms with Crippen molar-refractivity contribution < 1.29 is 81.2 Å². The standard InChI is InChI=1S/C28H27N3O4S.C19H12ClN5O3S.C19H12O5S.C18H11NO5S/c1-2-30-18-17-23(29-30)22-19-36-27(26(22)28(34)35)31(24(32)15-13-20-9-5-3-6-10-20)25(33)16-14-21-11-7-4-8-12-21;20-13-1-3-14(4-2-13)25-8-12(7-23-25)15-9-29-18(16(15)19(27)28)24-17(26)11-5-21-10-22-6-11;20-14(16-7-11-3-1-2-4-15(11)24-16)8-17-18(19(21)22)13(10-25-17)12-5-6-23-9-12;20-13(17-19-12-3-1-2-4-14(12)24-17)7-15-16(18(21)22)11(9-25-15)10-5-6-23-8-10/h3-12,17-19H,2,13-16H2,1H3,(H,34,35);1-10H,(H,24,26)(H,27,28);1-7,9-10H,8H2,(H,21,22);1-6,8-9H,7H2,(H,21,22). The molecule has 11 heterocycles. The summed E-state index contributed by atoms with van der Waals surface area (Å²) in [6.07, 6.45) is 15.9. The van der Waals surface area contributed by atoms with Crippen molar-refractivity contribution in [3.05, 3.63) is 307 Å². The second-order valence-electron chi connectivity index (χ2n) is 25.0. The third kappa shape index (κ3) is 18.8. The number of benzene rings is 5. The fourth-order valence-corrected chi connectivity index (χ4v) is 16.2. The van der Waals surface area contributed by atoms with Crippen molar-refractivity contribution in [2.75, 3.05) is 10.2 Å². The molecule has 0 radical (unpaired) electrons. The number of ketones is 2. The van der Waals surface area contributed by atoms with Gasteiger partial charge < -0.3 is 43.4 Å². The Hall–Kier alpha value is -13.9. The molecule has 0 unspecified atom stereocenters. The number of furan rings is 3. The fraction of sp³-hybridized carbons (Fsp3) is 0.0952. The van der Waals surface area contributed by atoms with Crippen molar-refractivity contribution in [3.63, 3.8) is 0 Å². The number of aryl methyl sites for hydroxylation is 3. The zero-order chi connectivity index (χ0) is 80.7. The molecule has 0 fully saturated rings. The molecule has 26 nitrogen and oxygen atoms in total. The molecule has 31 heteroatoms. The molecular weight excluding hydrogens is 1570 g/mol. The largest absolute Gasteiger partial charge is 0.478 e. The lowest BCUT2D eigenvalue weighted by atomic mass is 10.0. The summed E-state index contributed by atoms with van der Waals surface area (Å²) < 4.78 is 24.4. The number of Topliss-reactive ketones (excluding diaryl/α,β-unsaturated/α-hetero) is 2. The SMILES string of the molecule is CCn1ccc(-c2csc(N(C(=O)CCc3ccccc3)C(=O)CCc3ccccc3)c2C(=O)O)n1.O=C(Cc1scc(-c2ccoc2)c1C(=O)O)c1cc2ccccc2o1.O=C(Cc1scc(-c2ccoc2)c1C(=O)O)c1nc2ccccc2o1.O=C(Nc1scc(-c2cnn(-c3ccc(Cl)cc3)c2)c1C(=O)O)c1cncnc1. The number of imide groups is 1. The minimum Gasteiger partial charge on any atom is -0.478 e. The zero-order valence-corrected chi connectivity index (χ0v) is 64.3. The molecule has 0 saturated heterocycles. The van der Waals surface area contributed by atoms with E-state index in [1.165, 1.54) is 66.4 Å². The number of aromatic carboxylic acids is 4. The number of aromatic nitrogens is 7. The van der Waals surface area contributed by atoms with Gasteiger partial charge in [0.1, 0.15) is 38.6 Å². The van der Waals surface area contributed by atoms with Gasteiger partial charge in [-0.25, -0.2) is 43.7 Å². The van der Waals surface area contributed by atoms with E-state index < -0.39 is 41.6 Å². The van der Waals surface area contributed by atoms with Gasteiger partial charge in [-0.05, 0) is 108 Å². The number of hydrogen-bond acceptors (Lipinski definition) is 22. The number of nitrogens with zero attached hydrogens (tertiary/aromatic N) is 8. The zero-order valence-electron chi connectivity index (χ0n) is 60.2. The molecule has 576 valence electrons. The first kappa shape index (κ1) is 79.2. The van der Waals surface area contributed by atoms with Gasteiger partial charge in [0.05, 0.1) is 65.7 Å². The molecule has 0 aliphatic carbocycles. The Labute approximate surface area is 673 Å². The van der Waals surface area contributed by atoms with Gasteiger partial charge in [-0.15, -0.1) is 45.3 Å². The molecule has 3 amide bonds. The van der Waals surface area contributed by atoms with Crippen molar-refractivity contribution in [2.45, 2.75) is 52.0 Å². The number of carboxylic acid groups (broad SMARTS) is 4. The number of carboxylic acids is 4. The summed E-state index contributed by atoms with van der Waals surface area (Å²) in [7, 11) is 0. The molecule has 5 N–H and O–H groups in total. The van der Waals surface area contributed by atoms with Gasteiger partial charge in [0.15, 0.2) is 11.3 Å². The Morgan fingerprint density at radius 2 is 1.10 bits per heavy atom. The van der Waals surface area contributed by atoms with E-state index in [0.29, 0.717) is 95.5 Å². The second-order valence-corrected chi connectivity index (χ2v) is 29.1. The Balaban J connectivity index is 0.000000135. The van der Waals surface area contributed by atoms with Crippen molar-refractivity contribution in [3.8, 4) is 50.3 Å². The van der Waals surface area contributed by atoms with Crippen molar-refractivity contribution in [2.24, 2.45) is 0 Å². The number of nitrogens with one attached hydrogen (secondary N) is 1. The maximum Gasteiger partial charge on any atom is 0.339 e. The third-order valence-electron chi connectivity index (χ3n) is 17.6.